The van der Waals surface area contributed by atoms with E-state index >= 15 is 0 Å². The van der Waals surface area contributed by atoms with Gasteiger partial charge in [-0.2, -0.15) is 0 Å². The third-order valence-electron chi connectivity index (χ3n) is 3.61. The van der Waals surface area contributed by atoms with Crippen LogP contribution in [0.4, 0.5) is 0 Å². The summed E-state index contributed by atoms with van der Waals surface area (Å²) in [5.41, 5.74) is 2.91. The number of rotatable bonds is 4. The molecule has 0 aliphatic heterocycles. The Kier molecular flexibility index (Phi) is 4.06. The summed E-state index contributed by atoms with van der Waals surface area (Å²) in [5, 5.41) is 0. The van der Waals surface area contributed by atoms with Crippen LogP contribution in [-0.2, 0) is 6.54 Å². The molecule has 0 saturated heterocycles. The lowest BCUT2D eigenvalue weighted by Crippen LogP contribution is -2.32. The van der Waals surface area contributed by atoms with Crippen molar-refractivity contribution in [1.29, 1.82) is 0 Å². The fraction of sp³-hybridized carbons (Fsp3) is 0.294. The fourth-order valence-corrected chi connectivity index (χ4v) is 3.07. The molecule has 0 radical (unpaired) electrons. The lowest BCUT2D eigenvalue weighted by atomic mass is 10.1. The SMILES string of the molecule is Cc1cc(Br)cc(C(=O)N(Cc2cccnc2)C2CC2)c1. The number of hydrogen-bond acceptors (Lipinski definition) is 2. The molecule has 21 heavy (non-hydrogen) atoms. The van der Waals surface area contributed by atoms with Crippen molar-refractivity contribution < 1.29 is 4.79 Å². The maximum atomic E-state index is 12.8. The molecule has 3 rings (SSSR count). The molecule has 0 bridgehead atoms. The van der Waals surface area contributed by atoms with E-state index in [2.05, 4.69) is 20.9 Å². The van der Waals surface area contributed by atoms with E-state index in [1.807, 2.05) is 48.4 Å². The van der Waals surface area contributed by atoms with Crippen LogP contribution in [0.1, 0.15) is 34.3 Å². The number of hydrogen-bond donors (Lipinski definition) is 0. The minimum Gasteiger partial charge on any atom is -0.331 e. The van der Waals surface area contributed by atoms with Gasteiger partial charge in [0.1, 0.15) is 0 Å². The van der Waals surface area contributed by atoms with Gasteiger partial charge >= 0.3 is 0 Å². The molecule has 108 valence electrons. The summed E-state index contributed by atoms with van der Waals surface area (Å²) in [6.07, 6.45) is 5.78. The van der Waals surface area contributed by atoms with E-state index in [0.717, 1.165) is 34.0 Å². The van der Waals surface area contributed by atoms with Crippen molar-refractivity contribution in [3.05, 3.63) is 63.9 Å². The quantitative estimate of drug-likeness (QED) is 0.840. The summed E-state index contributed by atoms with van der Waals surface area (Å²) in [4.78, 5) is 18.9. The summed E-state index contributed by atoms with van der Waals surface area (Å²) in [7, 11) is 0. The van der Waals surface area contributed by atoms with E-state index in [9.17, 15) is 4.79 Å². The van der Waals surface area contributed by atoms with Crippen molar-refractivity contribution in [2.45, 2.75) is 32.4 Å². The summed E-state index contributed by atoms with van der Waals surface area (Å²) in [6.45, 7) is 2.63. The van der Waals surface area contributed by atoms with Gasteiger partial charge < -0.3 is 4.90 Å². The molecule has 0 spiro atoms. The lowest BCUT2D eigenvalue weighted by molar-refractivity contribution is 0.0729. The zero-order chi connectivity index (χ0) is 14.8. The summed E-state index contributed by atoms with van der Waals surface area (Å²) < 4.78 is 0.947. The van der Waals surface area contributed by atoms with Crippen molar-refractivity contribution >= 4 is 21.8 Å². The van der Waals surface area contributed by atoms with E-state index in [1.165, 1.54) is 0 Å². The number of nitrogens with zero attached hydrogens (tertiary/aromatic N) is 2. The van der Waals surface area contributed by atoms with Crippen LogP contribution in [0.15, 0.2) is 47.2 Å². The molecule has 0 N–H and O–H groups in total. The van der Waals surface area contributed by atoms with E-state index in [-0.39, 0.29) is 5.91 Å². The minimum absolute atomic E-state index is 0.103. The molecular formula is C17H17BrN2O. The van der Waals surface area contributed by atoms with Gasteiger partial charge in [0.15, 0.2) is 0 Å². The third-order valence-corrected chi connectivity index (χ3v) is 4.07. The first-order valence-electron chi connectivity index (χ1n) is 7.10. The van der Waals surface area contributed by atoms with Crippen LogP contribution in [0.25, 0.3) is 0 Å². The smallest absolute Gasteiger partial charge is 0.254 e. The zero-order valence-electron chi connectivity index (χ0n) is 11.9. The number of amides is 1. The van der Waals surface area contributed by atoms with Gasteiger partial charge in [-0.25, -0.2) is 0 Å². The number of carbonyl (C=O) groups is 1. The molecule has 1 aliphatic rings. The Hall–Kier alpha value is -1.68. The molecule has 1 saturated carbocycles. The van der Waals surface area contributed by atoms with Gasteiger partial charge in [-0.1, -0.05) is 22.0 Å². The molecule has 1 amide bonds. The molecule has 4 heteroatoms. The van der Waals surface area contributed by atoms with Crippen LogP contribution < -0.4 is 0 Å². The highest BCUT2D eigenvalue weighted by Crippen LogP contribution is 2.30. The summed E-state index contributed by atoms with van der Waals surface area (Å²) in [5.74, 6) is 0.103. The maximum absolute atomic E-state index is 12.8. The second kappa shape index (κ2) is 5.98. The highest BCUT2D eigenvalue weighted by Gasteiger charge is 2.33. The van der Waals surface area contributed by atoms with Crippen molar-refractivity contribution in [3.8, 4) is 0 Å². The number of halogens is 1. The molecular weight excluding hydrogens is 328 g/mol. The van der Waals surface area contributed by atoms with Crippen molar-refractivity contribution in [2.75, 3.05) is 0 Å². The van der Waals surface area contributed by atoms with E-state index < -0.39 is 0 Å². The Labute approximate surface area is 133 Å². The summed E-state index contributed by atoms with van der Waals surface area (Å²) >= 11 is 3.47. The molecule has 1 aliphatic carbocycles. The Morgan fingerprint density at radius 3 is 2.81 bits per heavy atom. The first kappa shape index (κ1) is 14.3. The fourth-order valence-electron chi connectivity index (χ4n) is 2.47. The topological polar surface area (TPSA) is 33.2 Å². The average molecular weight is 345 g/mol. The minimum atomic E-state index is 0.103. The van der Waals surface area contributed by atoms with Crippen molar-refractivity contribution in [3.63, 3.8) is 0 Å². The number of benzene rings is 1. The molecule has 2 aromatic rings. The Morgan fingerprint density at radius 1 is 1.38 bits per heavy atom. The van der Waals surface area contributed by atoms with Gasteiger partial charge in [-0.3, -0.25) is 9.78 Å². The monoisotopic (exact) mass is 344 g/mol. The Morgan fingerprint density at radius 2 is 2.19 bits per heavy atom. The molecule has 0 unspecified atom stereocenters. The van der Waals surface area contributed by atoms with E-state index in [0.29, 0.717) is 12.6 Å². The van der Waals surface area contributed by atoms with E-state index in [1.54, 1.807) is 6.20 Å². The van der Waals surface area contributed by atoms with Gasteiger partial charge in [0.05, 0.1) is 0 Å². The largest absolute Gasteiger partial charge is 0.331 e. The van der Waals surface area contributed by atoms with Crippen LogP contribution >= 0.6 is 15.9 Å². The van der Waals surface area contributed by atoms with Gasteiger partial charge in [-0.05, 0) is 55.2 Å². The third kappa shape index (κ3) is 3.50. The number of aromatic nitrogens is 1. The Bertz CT molecular complexity index is 633. The van der Waals surface area contributed by atoms with Crippen molar-refractivity contribution in [2.24, 2.45) is 0 Å². The second-order valence-electron chi connectivity index (χ2n) is 5.54. The molecule has 1 aromatic heterocycles. The van der Waals surface area contributed by atoms with Crippen LogP contribution in [-0.4, -0.2) is 21.8 Å². The predicted octanol–water partition coefficient (Wildman–Crippen LogP) is 3.96. The molecule has 3 nitrogen and oxygen atoms in total. The second-order valence-corrected chi connectivity index (χ2v) is 6.46. The number of aryl methyl sites for hydroxylation is 1. The lowest BCUT2D eigenvalue weighted by Gasteiger charge is -2.23. The van der Waals surface area contributed by atoms with E-state index in [4.69, 9.17) is 0 Å². The Balaban J connectivity index is 1.85. The first-order chi connectivity index (χ1) is 10.1. The zero-order valence-corrected chi connectivity index (χ0v) is 13.5. The van der Waals surface area contributed by atoms with Crippen LogP contribution in [0, 0.1) is 6.92 Å². The average Bonchev–Trinajstić information content (AvgIpc) is 3.29. The summed E-state index contributed by atoms with van der Waals surface area (Å²) in [6, 6.07) is 10.2. The normalized spacial score (nSPS) is 14.0. The number of carbonyl (C=O) groups excluding carboxylic acids is 1. The van der Waals surface area contributed by atoms with Gasteiger partial charge in [-0.15, -0.1) is 0 Å². The van der Waals surface area contributed by atoms with Crippen LogP contribution in [0.3, 0.4) is 0 Å². The molecule has 1 aromatic carbocycles. The highest BCUT2D eigenvalue weighted by atomic mass is 79.9. The molecule has 1 fully saturated rings. The first-order valence-corrected chi connectivity index (χ1v) is 7.90. The van der Waals surface area contributed by atoms with Gasteiger partial charge in [0, 0.05) is 35.0 Å². The van der Waals surface area contributed by atoms with Gasteiger partial charge in [0.2, 0.25) is 0 Å². The highest BCUT2D eigenvalue weighted by molar-refractivity contribution is 9.10. The van der Waals surface area contributed by atoms with Crippen LogP contribution in [0.5, 0.6) is 0 Å². The van der Waals surface area contributed by atoms with Crippen LogP contribution in [0.2, 0.25) is 0 Å². The predicted molar refractivity (Wildman–Crippen MR) is 86.0 cm³/mol. The van der Waals surface area contributed by atoms with Crippen molar-refractivity contribution in [1.82, 2.24) is 9.88 Å². The van der Waals surface area contributed by atoms with Gasteiger partial charge in [0.25, 0.3) is 5.91 Å². The maximum Gasteiger partial charge on any atom is 0.254 e. The molecule has 0 atom stereocenters. The number of pyridine rings is 1. The molecule has 1 heterocycles. The standard InChI is InChI=1S/C17H17BrN2O/c1-12-7-14(9-15(18)8-12)17(21)20(16-4-5-16)11-13-3-2-6-19-10-13/h2-3,6-10,16H,4-5,11H2,1H3.